The number of rotatable bonds is 6. The number of aromatic nitrogens is 3. The first-order valence-electron chi connectivity index (χ1n) is 6.57. The van der Waals surface area contributed by atoms with Gasteiger partial charge in [-0.25, -0.2) is 0 Å². The number of ether oxygens (including phenoxy) is 1. The molecule has 102 valence electrons. The van der Waals surface area contributed by atoms with Crippen LogP contribution in [0.3, 0.4) is 0 Å². The van der Waals surface area contributed by atoms with E-state index in [4.69, 9.17) is 10.5 Å². The Morgan fingerprint density at radius 2 is 2.33 bits per heavy atom. The van der Waals surface area contributed by atoms with Crippen LogP contribution in [0.1, 0.15) is 32.5 Å². The molecule has 18 heavy (non-hydrogen) atoms. The zero-order chi connectivity index (χ0) is 13.0. The van der Waals surface area contributed by atoms with Gasteiger partial charge in [-0.15, -0.1) is 10.2 Å². The molecule has 1 fully saturated rings. The van der Waals surface area contributed by atoms with E-state index in [0.29, 0.717) is 18.6 Å². The zero-order valence-corrected chi connectivity index (χ0v) is 11.9. The van der Waals surface area contributed by atoms with Gasteiger partial charge in [0.25, 0.3) is 0 Å². The molecule has 2 heterocycles. The first-order valence-corrected chi connectivity index (χ1v) is 7.55. The quantitative estimate of drug-likeness (QED) is 0.796. The lowest BCUT2D eigenvalue weighted by atomic mass is 10.2. The van der Waals surface area contributed by atoms with E-state index in [2.05, 4.69) is 28.6 Å². The predicted molar refractivity (Wildman–Crippen MR) is 72.4 cm³/mol. The molecule has 0 bridgehead atoms. The molecule has 1 atom stereocenters. The van der Waals surface area contributed by atoms with Crippen molar-refractivity contribution in [1.29, 1.82) is 0 Å². The van der Waals surface area contributed by atoms with E-state index in [9.17, 15) is 0 Å². The Morgan fingerprint density at radius 3 is 2.94 bits per heavy atom. The van der Waals surface area contributed by atoms with Crippen molar-refractivity contribution in [2.24, 2.45) is 11.7 Å². The summed E-state index contributed by atoms with van der Waals surface area (Å²) < 4.78 is 7.77. The SMILES string of the molecule is CC(C)Cn1c(CN)nnc1SC[C@@H]1CCCO1. The van der Waals surface area contributed by atoms with Crippen molar-refractivity contribution in [3.63, 3.8) is 0 Å². The molecule has 0 aliphatic carbocycles. The Morgan fingerprint density at radius 1 is 1.50 bits per heavy atom. The summed E-state index contributed by atoms with van der Waals surface area (Å²) in [5.74, 6) is 2.40. The normalized spacial score (nSPS) is 19.9. The first kappa shape index (κ1) is 13.8. The molecule has 0 radical (unpaired) electrons. The van der Waals surface area contributed by atoms with Gasteiger partial charge < -0.3 is 15.0 Å². The van der Waals surface area contributed by atoms with Gasteiger partial charge in [0.15, 0.2) is 5.16 Å². The molecule has 6 heteroatoms. The van der Waals surface area contributed by atoms with Gasteiger partial charge in [0.2, 0.25) is 0 Å². The Balaban J connectivity index is 1.99. The Bertz CT molecular complexity index is 374. The summed E-state index contributed by atoms with van der Waals surface area (Å²) in [5, 5.41) is 9.37. The fourth-order valence-electron chi connectivity index (χ4n) is 2.07. The second kappa shape index (κ2) is 6.54. The minimum atomic E-state index is 0.375. The molecule has 1 aliphatic heterocycles. The van der Waals surface area contributed by atoms with Crippen molar-refractivity contribution in [2.45, 2.75) is 51.0 Å². The van der Waals surface area contributed by atoms with Crippen LogP contribution in [0, 0.1) is 5.92 Å². The maximum atomic E-state index is 5.70. The summed E-state index contributed by atoms with van der Waals surface area (Å²) in [6.45, 7) is 6.65. The largest absolute Gasteiger partial charge is 0.377 e. The molecule has 0 unspecified atom stereocenters. The van der Waals surface area contributed by atoms with Crippen molar-refractivity contribution in [3.8, 4) is 0 Å². The van der Waals surface area contributed by atoms with Gasteiger partial charge in [0.1, 0.15) is 5.82 Å². The minimum absolute atomic E-state index is 0.375. The van der Waals surface area contributed by atoms with E-state index in [1.54, 1.807) is 11.8 Å². The summed E-state index contributed by atoms with van der Waals surface area (Å²) in [7, 11) is 0. The molecule has 1 aliphatic rings. The first-order chi connectivity index (χ1) is 8.70. The molecule has 5 nitrogen and oxygen atoms in total. The molecule has 0 amide bonds. The van der Waals surface area contributed by atoms with Crippen molar-refractivity contribution < 1.29 is 4.74 Å². The highest BCUT2D eigenvalue weighted by Crippen LogP contribution is 2.23. The number of nitrogens with two attached hydrogens (primary N) is 1. The van der Waals surface area contributed by atoms with Gasteiger partial charge in [-0.3, -0.25) is 0 Å². The van der Waals surface area contributed by atoms with E-state index in [-0.39, 0.29) is 0 Å². The summed E-state index contributed by atoms with van der Waals surface area (Å²) >= 11 is 1.73. The van der Waals surface area contributed by atoms with Gasteiger partial charge in [-0.1, -0.05) is 25.6 Å². The van der Waals surface area contributed by atoms with Crippen molar-refractivity contribution in [3.05, 3.63) is 5.82 Å². The van der Waals surface area contributed by atoms with Crippen LogP contribution in [0.25, 0.3) is 0 Å². The number of hydrogen-bond donors (Lipinski definition) is 1. The minimum Gasteiger partial charge on any atom is -0.377 e. The van der Waals surface area contributed by atoms with Crippen LogP contribution in [0.4, 0.5) is 0 Å². The van der Waals surface area contributed by atoms with Gasteiger partial charge in [-0.05, 0) is 18.8 Å². The maximum Gasteiger partial charge on any atom is 0.191 e. The van der Waals surface area contributed by atoms with Crippen LogP contribution in [0.2, 0.25) is 0 Å². The van der Waals surface area contributed by atoms with Crippen LogP contribution in [0.5, 0.6) is 0 Å². The fraction of sp³-hybridized carbons (Fsp3) is 0.833. The van der Waals surface area contributed by atoms with Crippen LogP contribution in [-0.4, -0.2) is 33.2 Å². The van der Waals surface area contributed by atoms with Gasteiger partial charge >= 0.3 is 0 Å². The van der Waals surface area contributed by atoms with E-state index in [0.717, 1.165) is 36.3 Å². The number of hydrogen-bond acceptors (Lipinski definition) is 5. The van der Waals surface area contributed by atoms with E-state index in [1.165, 1.54) is 6.42 Å². The van der Waals surface area contributed by atoms with Crippen LogP contribution < -0.4 is 5.73 Å². The summed E-state index contributed by atoms with van der Waals surface area (Å²) in [6.07, 6.45) is 2.72. The standard InChI is InChI=1S/C12H22N4OS/c1-9(2)7-16-11(6-13)14-15-12(16)18-8-10-4-3-5-17-10/h9-10H,3-8,13H2,1-2H3/t10-/m0/s1. The molecule has 1 aromatic rings. The Kier molecular flexibility index (Phi) is 5.03. The Labute approximate surface area is 112 Å². The monoisotopic (exact) mass is 270 g/mol. The molecule has 0 saturated carbocycles. The van der Waals surface area contributed by atoms with E-state index in [1.807, 2.05) is 0 Å². The van der Waals surface area contributed by atoms with Crippen LogP contribution in [-0.2, 0) is 17.8 Å². The van der Waals surface area contributed by atoms with Crippen molar-refractivity contribution in [2.75, 3.05) is 12.4 Å². The summed E-state index contributed by atoms with van der Waals surface area (Å²) in [5.41, 5.74) is 5.70. The lowest BCUT2D eigenvalue weighted by molar-refractivity contribution is 0.129. The van der Waals surface area contributed by atoms with Gasteiger partial charge in [0.05, 0.1) is 12.6 Å². The molecule has 2 rings (SSSR count). The molecule has 0 aromatic carbocycles. The molecular weight excluding hydrogens is 248 g/mol. The third kappa shape index (κ3) is 3.46. The van der Waals surface area contributed by atoms with Crippen LogP contribution >= 0.6 is 11.8 Å². The third-order valence-electron chi connectivity index (χ3n) is 2.95. The van der Waals surface area contributed by atoms with Gasteiger partial charge in [-0.2, -0.15) is 0 Å². The second-order valence-corrected chi connectivity index (χ2v) is 6.04. The topological polar surface area (TPSA) is 66.0 Å². The maximum absolute atomic E-state index is 5.70. The summed E-state index contributed by atoms with van der Waals surface area (Å²) in [6, 6.07) is 0. The fourth-order valence-corrected chi connectivity index (χ4v) is 3.10. The number of thioether (sulfide) groups is 1. The Hall–Kier alpha value is -0.590. The predicted octanol–water partition coefficient (Wildman–Crippen LogP) is 1.66. The molecule has 2 N–H and O–H groups in total. The lowest BCUT2D eigenvalue weighted by Crippen LogP contribution is -2.14. The molecular formula is C12H22N4OS. The highest BCUT2D eigenvalue weighted by atomic mass is 32.2. The number of nitrogens with zero attached hydrogens (tertiary/aromatic N) is 3. The van der Waals surface area contributed by atoms with Crippen LogP contribution in [0.15, 0.2) is 5.16 Å². The molecule has 1 aromatic heterocycles. The van der Waals surface area contributed by atoms with Gasteiger partial charge in [0, 0.05) is 18.9 Å². The highest BCUT2D eigenvalue weighted by molar-refractivity contribution is 7.99. The molecule has 0 spiro atoms. The van der Waals surface area contributed by atoms with E-state index >= 15 is 0 Å². The molecule has 1 saturated heterocycles. The van der Waals surface area contributed by atoms with E-state index < -0.39 is 0 Å². The average Bonchev–Trinajstić information content (AvgIpc) is 2.95. The lowest BCUT2D eigenvalue weighted by Gasteiger charge is -2.13. The highest BCUT2D eigenvalue weighted by Gasteiger charge is 2.18. The average molecular weight is 270 g/mol. The zero-order valence-electron chi connectivity index (χ0n) is 11.1. The third-order valence-corrected chi connectivity index (χ3v) is 4.04. The van der Waals surface area contributed by atoms with Crippen molar-refractivity contribution >= 4 is 11.8 Å². The van der Waals surface area contributed by atoms with Crippen molar-refractivity contribution in [1.82, 2.24) is 14.8 Å². The second-order valence-electron chi connectivity index (χ2n) is 5.05. The summed E-state index contributed by atoms with van der Waals surface area (Å²) in [4.78, 5) is 0. The smallest absolute Gasteiger partial charge is 0.191 e.